The molecule has 0 spiro atoms. The van der Waals surface area contributed by atoms with Gasteiger partial charge in [0.15, 0.2) is 0 Å². The zero-order valence-electron chi connectivity index (χ0n) is 49.9. The van der Waals surface area contributed by atoms with Crippen LogP contribution >= 0.6 is 7.82 Å². The SMILES string of the molecule is CCCCCCCCCCCCCCCCCCCCCCCCCCCCCCC/C=C/C(O)C(COP(=O)(O)OCC[N+](C)(C)C)NC(=O)CCCCCCCCCCCCCCCCCCCCCC. The fourth-order valence-electron chi connectivity index (χ4n) is 10.2. The molecule has 0 bridgehead atoms. The minimum atomic E-state index is -4.35. The molecule has 9 heteroatoms. The Morgan fingerprint density at radius 2 is 0.726 bits per heavy atom. The Balaban J connectivity index is 4.06. The van der Waals surface area contributed by atoms with E-state index in [0.717, 1.165) is 32.1 Å². The van der Waals surface area contributed by atoms with Gasteiger partial charge >= 0.3 is 7.82 Å². The molecule has 0 heterocycles. The maximum Gasteiger partial charge on any atom is 0.472 e. The van der Waals surface area contributed by atoms with Crippen molar-refractivity contribution in [3.8, 4) is 0 Å². The van der Waals surface area contributed by atoms with E-state index < -0.39 is 20.0 Å². The van der Waals surface area contributed by atoms with Gasteiger partial charge in [0, 0.05) is 6.42 Å². The number of phosphoric ester groups is 1. The number of allylic oxidation sites excluding steroid dienone is 1. The predicted octanol–water partition coefficient (Wildman–Crippen LogP) is 20.2. The minimum Gasteiger partial charge on any atom is -0.387 e. The Hall–Kier alpha value is -0.760. The summed E-state index contributed by atoms with van der Waals surface area (Å²) < 4.78 is 23.8. The monoisotopic (exact) mass is 1050 g/mol. The molecule has 8 nitrogen and oxygen atoms in total. The second-order valence-electron chi connectivity index (χ2n) is 23.9. The Labute approximate surface area is 456 Å². The zero-order chi connectivity index (χ0) is 53.5. The summed E-state index contributed by atoms with van der Waals surface area (Å²) in [6.45, 7) is 4.88. The van der Waals surface area contributed by atoms with Gasteiger partial charge in [0.1, 0.15) is 13.2 Å². The molecule has 0 aromatic rings. The van der Waals surface area contributed by atoms with Crippen molar-refractivity contribution in [1.82, 2.24) is 5.32 Å². The molecule has 0 saturated carbocycles. The molecule has 3 unspecified atom stereocenters. The third-order valence-corrected chi connectivity index (χ3v) is 16.2. The van der Waals surface area contributed by atoms with Crippen LogP contribution < -0.4 is 5.32 Å². The van der Waals surface area contributed by atoms with Gasteiger partial charge in [0.2, 0.25) is 5.91 Å². The molecule has 0 fully saturated rings. The molecule has 3 N–H and O–H groups in total. The normalized spacial score (nSPS) is 13.8. The summed E-state index contributed by atoms with van der Waals surface area (Å²) in [5, 5.41) is 14.0. The Bertz CT molecular complexity index is 1200. The maximum atomic E-state index is 13.0. The van der Waals surface area contributed by atoms with E-state index in [1.807, 2.05) is 27.2 Å². The molecule has 73 heavy (non-hydrogen) atoms. The highest BCUT2D eigenvalue weighted by molar-refractivity contribution is 7.47. The number of carbonyl (C=O) groups is 1. The van der Waals surface area contributed by atoms with E-state index in [-0.39, 0.29) is 19.1 Å². The van der Waals surface area contributed by atoms with Crippen molar-refractivity contribution in [2.45, 2.75) is 353 Å². The first-order chi connectivity index (χ1) is 35.5. The average Bonchev–Trinajstić information content (AvgIpc) is 3.35. The van der Waals surface area contributed by atoms with E-state index in [1.54, 1.807) is 6.08 Å². The summed E-state index contributed by atoms with van der Waals surface area (Å²) in [5.74, 6) is -0.168. The first-order valence-corrected chi connectivity index (χ1v) is 34.1. The first kappa shape index (κ1) is 72.2. The lowest BCUT2D eigenvalue weighted by Crippen LogP contribution is -2.45. The molecular formula is C64H130N2O6P+. The van der Waals surface area contributed by atoms with Gasteiger partial charge in [-0.05, 0) is 19.3 Å². The van der Waals surface area contributed by atoms with Gasteiger partial charge in [-0.3, -0.25) is 13.8 Å². The Morgan fingerprint density at radius 3 is 1.01 bits per heavy atom. The van der Waals surface area contributed by atoms with Gasteiger partial charge < -0.3 is 19.8 Å². The highest BCUT2D eigenvalue weighted by Crippen LogP contribution is 2.43. The second-order valence-corrected chi connectivity index (χ2v) is 25.3. The van der Waals surface area contributed by atoms with Crippen LogP contribution in [-0.4, -0.2) is 73.4 Å². The number of likely N-dealkylation sites (N-methyl/N-ethyl adjacent to an activating group) is 1. The van der Waals surface area contributed by atoms with Crippen LogP contribution in [0.4, 0.5) is 0 Å². The standard InChI is InChI=1S/C64H129N2O6P/c1-6-8-10-12-14-16-18-20-22-24-26-28-29-30-31-32-33-34-35-36-37-38-39-41-43-45-47-49-51-53-55-57-63(67)62(61-72-73(69,70)71-60-59-66(3,4)5)65-64(68)58-56-54-52-50-48-46-44-42-40-27-25-23-21-19-17-15-13-11-9-7-2/h55,57,62-63,67H,6-54,56,58-61H2,1-5H3,(H-,65,68,69,70)/p+1/b57-55+. The molecule has 0 radical (unpaired) electrons. The van der Waals surface area contributed by atoms with Gasteiger partial charge in [-0.1, -0.05) is 328 Å². The van der Waals surface area contributed by atoms with E-state index >= 15 is 0 Å². The number of unbranched alkanes of at least 4 members (excludes halogenated alkanes) is 48. The van der Waals surface area contributed by atoms with Crippen molar-refractivity contribution in [3.63, 3.8) is 0 Å². The summed E-state index contributed by atoms with van der Waals surface area (Å²) in [7, 11) is 1.59. The van der Waals surface area contributed by atoms with Crippen molar-refractivity contribution in [2.24, 2.45) is 0 Å². The number of amides is 1. The van der Waals surface area contributed by atoms with Gasteiger partial charge in [-0.2, -0.15) is 0 Å². The van der Waals surface area contributed by atoms with Crippen molar-refractivity contribution in [3.05, 3.63) is 12.2 Å². The number of aliphatic hydroxyl groups is 1. The van der Waals surface area contributed by atoms with Crippen LogP contribution in [0.25, 0.3) is 0 Å². The number of hydrogen-bond donors (Lipinski definition) is 3. The van der Waals surface area contributed by atoms with Crippen LogP contribution in [0.1, 0.15) is 341 Å². The van der Waals surface area contributed by atoms with Gasteiger partial charge in [-0.25, -0.2) is 4.57 Å². The third-order valence-electron chi connectivity index (χ3n) is 15.3. The molecule has 0 aliphatic rings. The fraction of sp³-hybridized carbons (Fsp3) is 0.953. The van der Waals surface area contributed by atoms with Crippen LogP contribution in [-0.2, 0) is 18.4 Å². The minimum absolute atomic E-state index is 0.0654. The van der Waals surface area contributed by atoms with Crippen LogP contribution in [0.5, 0.6) is 0 Å². The molecule has 0 aromatic heterocycles. The molecule has 0 aliphatic carbocycles. The van der Waals surface area contributed by atoms with Gasteiger partial charge in [0.25, 0.3) is 0 Å². The molecule has 436 valence electrons. The van der Waals surface area contributed by atoms with Crippen LogP contribution in [0.2, 0.25) is 0 Å². The van der Waals surface area contributed by atoms with Crippen LogP contribution in [0.15, 0.2) is 12.2 Å². The summed E-state index contributed by atoms with van der Waals surface area (Å²) in [4.78, 5) is 23.4. The number of carbonyl (C=O) groups excluding carboxylic acids is 1. The van der Waals surface area contributed by atoms with E-state index in [2.05, 4.69) is 19.2 Å². The van der Waals surface area contributed by atoms with Crippen LogP contribution in [0.3, 0.4) is 0 Å². The second kappa shape index (κ2) is 56.0. The molecule has 0 aromatic carbocycles. The smallest absolute Gasteiger partial charge is 0.387 e. The van der Waals surface area contributed by atoms with Gasteiger partial charge in [0.05, 0.1) is 39.9 Å². The van der Waals surface area contributed by atoms with Crippen molar-refractivity contribution in [1.29, 1.82) is 0 Å². The highest BCUT2D eigenvalue weighted by Gasteiger charge is 2.28. The van der Waals surface area contributed by atoms with Crippen molar-refractivity contribution in [2.75, 3.05) is 40.9 Å². The Kier molecular flexibility index (Phi) is 55.4. The van der Waals surface area contributed by atoms with Crippen molar-refractivity contribution >= 4 is 13.7 Å². The summed E-state index contributed by atoms with van der Waals surface area (Å²) in [5.41, 5.74) is 0. The average molecular weight is 1050 g/mol. The molecule has 1 amide bonds. The molecule has 3 atom stereocenters. The van der Waals surface area contributed by atoms with E-state index in [1.165, 1.54) is 289 Å². The van der Waals surface area contributed by atoms with E-state index in [4.69, 9.17) is 9.05 Å². The lowest BCUT2D eigenvalue weighted by molar-refractivity contribution is -0.870. The number of phosphoric acid groups is 1. The number of aliphatic hydroxyl groups excluding tert-OH is 1. The molecular weight excluding hydrogens is 924 g/mol. The number of nitrogens with zero attached hydrogens (tertiary/aromatic N) is 1. The van der Waals surface area contributed by atoms with Crippen molar-refractivity contribution < 1.29 is 32.9 Å². The zero-order valence-corrected chi connectivity index (χ0v) is 50.8. The largest absolute Gasteiger partial charge is 0.472 e. The summed E-state index contributed by atoms with van der Waals surface area (Å²) in [6.07, 6.45) is 70.6. The third kappa shape index (κ3) is 58.8. The lowest BCUT2D eigenvalue weighted by Gasteiger charge is -2.25. The predicted molar refractivity (Wildman–Crippen MR) is 319 cm³/mol. The topological polar surface area (TPSA) is 105 Å². The number of hydrogen-bond acceptors (Lipinski definition) is 5. The lowest BCUT2D eigenvalue weighted by atomic mass is 10.0. The maximum absolute atomic E-state index is 13.0. The Morgan fingerprint density at radius 1 is 0.452 bits per heavy atom. The van der Waals surface area contributed by atoms with E-state index in [0.29, 0.717) is 17.4 Å². The number of rotatable bonds is 61. The van der Waals surface area contributed by atoms with Crippen LogP contribution in [0, 0.1) is 0 Å². The fourth-order valence-corrected chi connectivity index (χ4v) is 10.9. The molecule has 0 saturated heterocycles. The number of nitrogens with one attached hydrogen (secondary N) is 1. The highest BCUT2D eigenvalue weighted by atomic mass is 31.2. The van der Waals surface area contributed by atoms with E-state index in [9.17, 15) is 19.4 Å². The first-order valence-electron chi connectivity index (χ1n) is 32.6. The number of quaternary nitrogens is 1. The summed E-state index contributed by atoms with van der Waals surface area (Å²) in [6, 6.07) is -0.843. The molecule has 0 aliphatic heterocycles. The summed E-state index contributed by atoms with van der Waals surface area (Å²) >= 11 is 0. The quantitative estimate of drug-likeness (QED) is 0.0243. The molecule has 0 rings (SSSR count). The van der Waals surface area contributed by atoms with Gasteiger partial charge in [-0.15, -0.1) is 0 Å².